The van der Waals surface area contributed by atoms with E-state index >= 15 is 0 Å². The minimum absolute atomic E-state index is 0.355. The number of allylic oxidation sites excluding steroid dienone is 4. The van der Waals surface area contributed by atoms with Gasteiger partial charge in [0.05, 0.1) is 16.8 Å². The van der Waals surface area contributed by atoms with Crippen LogP contribution in [0.4, 0.5) is 11.4 Å². The molecule has 35 heavy (non-hydrogen) atoms. The predicted molar refractivity (Wildman–Crippen MR) is 140 cm³/mol. The maximum atomic E-state index is 11.7. The molecule has 1 aliphatic carbocycles. The molecule has 3 aromatic carbocycles. The number of hydrogen-bond donors (Lipinski definition) is 0. The third-order valence-electron chi connectivity index (χ3n) is 7.35. The fourth-order valence-electron chi connectivity index (χ4n) is 5.82. The maximum Gasteiger partial charge on any atom is 0.240 e. The number of rotatable bonds is 7. The van der Waals surface area contributed by atoms with Gasteiger partial charge in [-0.25, -0.2) is 9.59 Å². The van der Waals surface area contributed by atoms with Crippen LogP contribution >= 0.6 is 0 Å². The zero-order valence-electron chi connectivity index (χ0n) is 20.3. The van der Waals surface area contributed by atoms with Crippen LogP contribution in [-0.4, -0.2) is 12.2 Å². The molecular formula is C31H28N2O2. The fourth-order valence-corrected chi connectivity index (χ4v) is 5.82. The summed E-state index contributed by atoms with van der Waals surface area (Å²) >= 11 is 0. The van der Waals surface area contributed by atoms with Gasteiger partial charge in [0, 0.05) is 11.0 Å². The first-order valence-electron chi connectivity index (χ1n) is 11.8. The number of hydrogen-bond acceptors (Lipinski definition) is 4. The number of isocyanates is 2. The van der Waals surface area contributed by atoms with Crippen molar-refractivity contribution in [3.05, 3.63) is 119 Å². The van der Waals surface area contributed by atoms with E-state index in [1.807, 2.05) is 56.3 Å². The molecule has 4 heteroatoms. The van der Waals surface area contributed by atoms with E-state index in [0.29, 0.717) is 16.9 Å². The van der Waals surface area contributed by atoms with E-state index in [9.17, 15) is 9.59 Å². The molecule has 0 aromatic heterocycles. The van der Waals surface area contributed by atoms with Gasteiger partial charge in [-0.1, -0.05) is 98.0 Å². The highest BCUT2D eigenvalue weighted by molar-refractivity contribution is 5.76. The number of nitrogens with zero attached hydrogens (tertiary/aromatic N) is 2. The molecule has 0 bridgehead atoms. The number of carbonyl (C=O) groups excluding carboxylic acids is 2. The van der Waals surface area contributed by atoms with Crippen molar-refractivity contribution in [3.63, 3.8) is 0 Å². The first kappa shape index (κ1) is 24.0. The summed E-state index contributed by atoms with van der Waals surface area (Å²) in [6, 6.07) is 22.8. The topological polar surface area (TPSA) is 58.9 Å². The fraction of sp³-hybridized carbons (Fsp3) is 0.226. The Balaban J connectivity index is 2.30. The summed E-state index contributed by atoms with van der Waals surface area (Å²) in [6.45, 7) is 5.98. The van der Waals surface area contributed by atoms with Gasteiger partial charge in [-0.15, -0.1) is 0 Å². The molecule has 0 radical (unpaired) electrons. The van der Waals surface area contributed by atoms with Gasteiger partial charge >= 0.3 is 0 Å². The molecule has 0 N–H and O–H groups in total. The molecule has 4 rings (SSSR count). The molecule has 3 aromatic rings. The molecule has 1 atom stereocenters. The Kier molecular flexibility index (Phi) is 6.89. The smallest absolute Gasteiger partial charge is 0.211 e. The molecule has 1 aliphatic rings. The molecule has 0 spiro atoms. The van der Waals surface area contributed by atoms with Crippen LogP contribution < -0.4 is 0 Å². The third kappa shape index (κ3) is 3.84. The second kappa shape index (κ2) is 10.0. The molecular weight excluding hydrogens is 432 g/mol. The van der Waals surface area contributed by atoms with E-state index in [1.165, 1.54) is 0 Å². The van der Waals surface area contributed by atoms with E-state index in [1.54, 1.807) is 12.2 Å². The van der Waals surface area contributed by atoms with E-state index in [0.717, 1.165) is 35.1 Å². The van der Waals surface area contributed by atoms with Crippen molar-refractivity contribution in [2.24, 2.45) is 15.4 Å². The van der Waals surface area contributed by atoms with Crippen LogP contribution in [0.2, 0.25) is 0 Å². The van der Waals surface area contributed by atoms with Crippen molar-refractivity contribution in [1.82, 2.24) is 0 Å². The quantitative estimate of drug-likeness (QED) is 0.208. The highest BCUT2D eigenvalue weighted by Crippen LogP contribution is 2.60. The van der Waals surface area contributed by atoms with Crippen molar-refractivity contribution < 1.29 is 9.59 Å². The minimum atomic E-state index is -0.694. The van der Waals surface area contributed by atoms with Gasteiger partial charge in [-0.05, 0) is 48.9 Å². The average molecular weight is 461 g/mol. The van der Waals surface area contributed by atoms with Crippen LogP contribution in [0.5, 0.6) is 0 Å². The minimum Gasteiger partial charge on any atom is -0.211 e. The Morgan fingerprint density at radius 2 is 1.43 bits per heavy atom. The molecule has 0 amide bonds. The summed E-state index contributed by atoms with van der Waals surface area (Å²) in [5.41, 5.74) is 4.49. The standard InChI is InChI=1S/C31H28N2O2/c1-4-30(18-12-7-13-19-30)31(25-14-8-5-9-15-25,26-16-10-6-11-17-26)27-20-23(2)28(32-21-34)24(3)29(27)33-22-35/h5-18,20H,4,19H2,1-3H3. The van der Waals surface area contributed by atoms with E-state index < -0.39 is 5.41 Å². The number of benzene rings is 3. The highest BCUT2D eigenvalue weighted by atomic mass is 16.1. The lowest BCUT2D eigenvalue weighted by molar-refractivity contribution is 0.246. The average Bonchev–Trinajstić information content (AvgIpc) is 2.91. The Morgan fingerprint density at radius 3 is 1.91 bits per heavy atom. The summed E-state index contributed by atoms with van der Waals surface area (Å²) in [6.07, 6.45) is 13.8. The van der Waals surface area contributed by atoms with Crippen molar-refractivity contribution >= 4 is 23.5 Å². The first-order chi connectivity index (χ1) is 17.1. The van der Waals surface area contributed by atoms with Crippen LogP contribution in [0.15, 0.2) is 101 Å². The summed E-state index contributed by atoms with van der Waals surface area (Å²) in [5.74, 6) is 0. The molecule has 0 saturated heterocycles. The Morgan fingerprint density at radius 1 is 0.857 bits per heavy atom. The second-order valence-electron chi connectivity index (χ2n) is 8.95. The molecule has 0 fully saturated rings. The van der Waals surface area contributed by atoms with Crippen LogP contribution in [0.1, 0.15) is 47.6 Å². The molecule has 0 heterocycles. The van der Waals surface area contributed by atoms with Gasteiger partial charge < -0.3 is 0 Å². The van der Waals surface area contributed by atoms with Crippen LogP contribution in [0.3, 0.4) is 0 Å². The van der Waals surface area contributed by atoms with Crippen LogP contribution in [0.25, 0.3) is 0 Å². The van der Waals surface area contributed by atoms with E-state index in [-0.39, 0.29) is 5.41 Å². The highest BCUT2D eigenvalue weighted by Gasteiger charge is 2.53. The second-order valence-corrected chi connectivity index (χ2v) is 8.95. The maximum absolute atomic E-state index is 11.7. The normalized spacial score (nSPS) is 16.9. The van der Waals surface area contributed by atoms with Crippen LogP contribution in [0, 0.1) is 19.3 Å². The monoisotopic (exact) mass is 460 g/mol. The molecule has 174 valence electrons. The molecule has 4 nitrogen and oxygen atoms in total. The van der Waals surface area contributed by atoms with Crippen molar-refractivity contribution in [2.75, 3.05) is 0 Å². The largest absolute Gasteiger partial charge is 0.240 e. The van der Waals surface area contributed by atoms with Gasteiger partial charge in [0.1, 0.15) is 0 Å². The first-order valence-corrected chi connectivity index (χ1v) is 11.8. The van der Waals surface area contributed by atoms with Crippen molar-refractivity contribution in [2.45, 2.75) is 39.0 Å². The lowest BCUT2D eigenvalue weighted by atomic mass is 9.50. The lowest BCUT2D eigenvalue weighted by Crippen LogP contribution is -2.47. The summed E-state index contributed by atoms with van der Waals surface area (Å²) < 4.78 is 0. The number of aliphatic imine (C=N–C) groups is 2. The summed E-state index contributed by atoms with van der Waals surface area (Å²) in [5, 5.41) is 0. The zero-order valence-corrected chi connectivity index (χ0v) is 20.3. The Hall–Kier alpha value is -4.10. The summed E-state index contributed by atoms with van der Waals surface area (Å²) in [4.78, 5) is 31.1. The van der Waals surface area contributed by atoms with Crippen molar-refractivity contribution in [3.8, 4) is 0 Å². The number of aryl methyl sites for hydroxylation is 1. The van der Waals surface area contributed by atoms with Gasteiger partial charge in [-0.2, -0.15) is 9.98 Å². The third-order valence-corrected chi connectivity index (χ3v) is 7.35. The summed E-state index contributed by atoms with van der Waals surface area (Å²) in [7, 11) is 0. The zero-order chi connectivity index (χ0) is 24.9. The lowest BCUT2D eigenvalue weighted by Gasteiger charge is -2.51. The predicted octanol–water partition coefficient (Wildman–Crippen LogP) is 7.48. The molecule has 0 aliphatic heterocycles. The SMILES string of the molecule is CCC1(C(c2ccccc2)(c2ccccc2)c2cc(C)c(N=C=O)c(C)c2N=C=O)C=CC=CC1. The molecule has 1 unspecified atom stereocenters. The van der Waals surface area contributed by atoms with E-state index in [4.69, 9.17) is 0 Å². The molecule has 0 saturated carbocycles. The van der Waals surface area contributed by atoms with E-state index in [2.05, 4.69) is 65.5 Å². The Bertz CT molecular complexity index is 1340. The van der Waals surface area contributed by atoms with Gasteiger partial charge in [0.25, 0.3) is 0 Å². The van der Waals surface area contributed by atoms with Gasteiger partial charge in [-0.3, -0.25) is 0 Å². The van der Waals surface area contributed by atoms with Gasteiger partial charge in [0.2, 0.25) is 12.2 Å². The van der Waals surface area contributed by atoms with Crippen LogP contribution in [-0.2, 0) is 15.0 Å². The van der Waals surface area contributed by atoms with Crippen molar-refractivity contribution in [1.29, 1.82) is 0 Å². The van der Waals surface area contributed by atoms with Gasteiger partial charge in [0.15, 0.2) is 0 Å². The Labute approximate surface area is 206 Å².